The Morgan fingerprint density at radius 3 is 2.19 bits per heavy atom. The molecule has 2 N–H and O–H groups in total. The second kappa shape index (κ2) is 5.63. The molecular formula is C17H14N2O2. The fourth-order valence-corrected chi connectivity index (χ4v) is 2.18. The molecule has 0 aliphatic rings. The number of H-pyrrole nitrogens is 1. The van der Waals surface area contributed by atoms with Crippen molar-refractivity contribution in [2.45, 2.75) is 6.42 Å². The van der Waals surface area contributed by atoms with Crippen LogP contribution in [0, 0.1) is 0 Å². The Hall–Kier alpha value is -2.88. The van der Waals surface area contributed by atoms with E-state index in [1.54, 1.807) is 0 Å². The van der Waals surface area contributed by atoms with Gasteiger partial charge in [0.1, 0.15) is 5.82 Å². The van der Waals surface area contributed by atoms with Crippen molar-refractivity contribution in [1.82, 2.24) is 9.97 Å². The van der Waals surface area contributed by atoms with Gasteiger partial charge < -0.3 is 10.1 Å². The van der Waals surface area contributed by atoms with Gasteiger partial charge in [0.15, 0.2) is 0 Å². The molecule has 4 nitrogen and oxygen atoms in total. The van der Waals surface area contributed by atoms with Crippen LogP contribution >= 0.6 is 0 Å². The number of aromatic nitrogens is 2. The number of hydrogen-bond donors (Lipinski definition) is 2. The van der Waals surface area contributed by atoms with Crippen LogP contribution in [0.4, 0.5) is 0 Å². The molecule has 2 aromatic carbocycles. The van der Waals surface area contributed by atoms with Crippen LogP contribution < -0.4 is 5.56 Å². The van der Waals surface area contributed by atoms with E-state index in [4.69, 9.17) is 0 Å². The SMILES string of the molecule is O=c1[nH]c(-c2ccccc2)nc(O)c1Cc1ccccc1. The second-order valence-corrected chi connectivity index (χ2v) is 4.75. The standard InChI is InChI=1S/C17H14N2O2/c20-16-14(11-12-7-3-1-4-8-12)17(21)19-15(18-16)13-9-5-2-6-10-13/h1-10H,11H2,(H2,18,19,20,21). The van der Waals surface area contributed by atoms with Gasteiger partial charge >= 0.3 is 0 Å². The van der Waals surface area contributed by atoms with E-state index in [2.05, 4.69) is 9.97 Å². The van der Waals surface area contributed by atoms with E-state index in [0.29, 0.717) is 12.2 Å². The van der Waals surface area contributed by atoms with E-state index in [1.807, 2.05) is 60.7 Å². The summed E-state index contributed by atoms with van der Waals surface area (Å²) in [6.07, 6.45) is 0.351. The van der Waals surface area contributed by atoms with E-state index >= 15 is 0 Å². The van der Waals surface area contributed by atoms with Gasteiger partial charge in [-0.05, 0) is 5.56 Å². The summed E-state index contributed by atoms with van der Waals surface area (Å²) >= 11 is 0. The molecule has 0 saturated carbocycles. The Bertz CT molecular complexity index is 796. The van der Waals surface area contributed by atoms with E-state index in [1.165, 1.54) is 0 Å². The van der Waals surface area contributed by atoms with Gasteiger partial charge in [-0.2, -0.15) is 4.98 Å². The Morgan fingerprint density at radius 1 is 0.952 bits per heavy atom. The number of nitrogens with one attached hydrogen (secondary N) is 1. The van der Waals surface area contributed by atoms with Crippen LogP contribution in [0.5, 0.6) is 5.88 Å². The quantitative estimate of drug-likeness (QED) is 0.774. The van der Waals surface area contributed by atoms with Crippen LogP contribution in [-0.4, -0.2) is 15.1 Å². The molecule has 1 aromatic heterocycles. The molecule has 104 valence electrons. The van der Waals surface area contributed by atoms with Gasteiger partial charge in [-0.3, -0.25) is 4.79 Å². The van der Waals surface area contributed by atoms with Crippen molar-refractivity contribution in [2.24, 2.45) is 0 Å². The maximum Gasteiger partial charge on any atom is 0.258 e. The van der Waals surface area contributed by atoms with Gasteiger partial charge in [-0.25, -0.2) is 0 Å². The zero-order valence-corrected chi connectivity index (χ0v) is 11.3. The average Bonchev–Trinajstić information content (AvgIpc) is 2.52. The third-order valence-electron chi connectivity index (χ3n) is 3.26. The molecular weight excluding hydrogens is 264 g/mol. The second-order valence-electron chi connectivity index (χ2n) is 4.75. The van der Waals surface area contributed by atoms with E-state index in [-0.39, 0.29) is 17.0 Å². The summed E-state index contributed by atoms with van der Waals surface area (Å²) in [5.41, 5.74) is 1.68. The minimum atomic E-state index is -0.315. The van der Waals surface area contributed by atoms with E-state index < -0.39 is 0 Å². The van der Waals surface area contributed by atoms with E-state index in [9.17, 15) is 9.90 Å². The highest BCUT2D eigenvalue weighted by atomic mass is 16.3. The summed E-state index contributed by atoms with van der Waals surface area (Å²) in [6, 6.07) is 18.7. The van der Waals surface area contributed by atoms with Gasteiger partial charge in [0, 0.05) is 12.0 Å². The third kappa shape index (κ3) is 2.84. The van der Waals surface area contributed by atoms with Crippen molar-refractivity contribution in [1.29, 1.82) is 0 Å². The smallest absolute Gasteiger partial charge is 0.258 e. The number of aromatic hydroxyl groups is 1. The van der Waals surface area contributed by atoms with Crippen molar-refractivity contribution < 1.29 is 5.11 Å². The minimum absolute atomic E-state index is 0.221. The zero-order valence-electron chi connectivity index (χ0n) is 11.3. The summed E-state index contributed by atoms with van der Waals surface area (Å²) in [6.45, 7) is 0. The van der Waals surface area contributed by atoms with Gasteiger partial charge in [-0.1, -0.05) is 60.7 Å². The first-order valence-corrected chi connectivity index (χ1v) is 6.65. The normalized spacial score (nSPS) is 10.5. The van der Waals surface area contributed by atoms with Gasteiger partial charge in [0.2, 0.25) is 5.88 Å². The highest BCUT2D eigenvalue weighted by Gasteiger charge is 2.12. The molecule has 0 aliphatic carbocycles. The maximum atomic E-state index is 12.2. The van der Waals surface area contributed by atoms with Crippen LogP contribution in [0.1, 0.15) is 11.1 Å². The highest BCUT2D eigenvalue weighted by molar-refractivity contribution is 5.55. The molecule has 4 heteroatoms. The van der Waals surface area contributed by atoms with Gasteiger partial charge in [0.05, 0.1) is 5.56 Å². The molecule has 21 heavy (non-hydrogen) atoms. The molecule has 0 bridgehead atoms. The predicted molar refractivity (Wildman–Crippen MR) is 81.2 cm³/mol. The lowest BCUT2D eigenvalue weighted by atomic mass is 10.1. The molecule has 0 atom stereocenters. The first kappa shape index (κ1) is 13.1. The fourth-order valence-electron chi connectivity index (χ4n) is 2.18. The van der Waals surface area contributed by atoms with E-state index in [0.717, 1.165) is 11.1 Å². The van der Waals surface area contributed by atoms with Crippen molar-refractivity contribution >= 4 is 0 Å². The lowest BCUT2D eigenvalue weighted by Crippen LogP contribution is -2.15. The predicted octanol–water partition coefficient (Wildman–Crippen LogP) is 2.73. The first-order valence-electron chi connectivity index (χ1n) is 6.65. The molecule has 0 radical (unpaired) electrons. The Kier molecular flexibility index (Phi) is 3.51. The van der Waals surface area contributed by atoms with Crippen molar-refractivity contribution in [3.05, 3.63) is 82.1 Å². The number of aromatic amines is 1. The Labute approximate surface area is 121 Å². The van der Waals surface area contributed by atoms with Crippen molar-refractivity contribution in [3.63, 3.8) is 0 Å². The molecule has 0 unspecified atom stereocenters. The first-order chi connectivity index (χ1) is 10.2. The third-order valence-corrected chi connectivity index (χ3v) is 3.26. The van der Waals surface area contributed by atoms with Gasteiger partial charge in [0.25, 0.3) is 5.56 Å². The number of benzene rings is 2. The number of nitrogens with zero attached hydrogens (tertiary/aromatic N) is 1. The molecule has 0 amide bonds. The zero-order chi connectivity index (χ0) is 14.7. The average molecular weight is 278 g/mol. The van der Waals surface area contributed by atoms with Crippen LogP contribution in [0.3, 0.4) is 0 Å². The summed E-state index contributed by atoms with van der Waals surface area (Å²) in [7, 11) is 0. The summed E-state index contributed by atoms with van der Waals surface area (Å²) in [5.74, 6) is 0.149. The monoisotopic (exact) mass is 278 g/mol. The van der Waals surface area contributed by atoms with Crippen LogP contribution in [0.25, 0.3) is 11.4 Å². The molecule has 3 rings (SSSR count). The Balaban J connectivity index is 1.99. The maximum absolute atomic E-state index is 12.2. The molecule has 0 fully saturated rings. The highest BCUT2D eigenvalue weighted by Crippen LogP contribution is 2.19. The van der Waals surface area contributed by atoms with Crippen LogP contribution in [-0.2, 0) is 6.42 Å². The molecule has 1 heterocycles. The molecule has 0 spiro atoms. The lowest BCUT2D eigenvalue weighted by molar-refractivity contribution is 0.445. The summed E-state index contributed by atoms with van der Waals surface area (Å²) in [4.78, 5) is 19.0. The number of rotatable bonds is 3. The summed E-state index contributed by atoms with van der Waals surface area (Å²) in [5, 5.41) is 10.1. The largest absolute Gasteiger partial charge is 0.493 e. The molecule has 3 aromatic rings. The number of hydrogen-bond acceptors (Lipinski definition) is 3. The van der Waals surface area contributed by atoms with Crippen LogP contribution in [0.15, 0.2) is 65.5 Å². The van der Waals surface area contributed by atoms with Crippen LogP contribution in [0.2, 0.25) is 0 Å². The molecule has 0 saturated heterocycles. The fraction of sp³-hybridized carbons (Fsp3) is 0.0588. The van der Waals surface area contributed by atoms with Crippen molar-refractivity contribution in [2.75, 3.05) is 0 Å². The lowest BCUT2D eigenvalue weighted by Gasteiger charge is -2.06. The van der Waals surface area contributed by atoms with Gasteiger partial charge in [-0.15, -0.1) is 0 Å². The molecule has 0 aliphatic heterocycles. The van der Waals surface area contributed by atoms with Crippen molar-refractivity contribution in [3.8, 4) is 17.3 Å². The minimum Gasteiger partial charge on any atom is -0.493 e. The topological polar surface area (TPSA) is 66.0 Å². The Morgan fingerprint density at radius 2 is 1.57 bits per heavy atom. The summed E-state index contributed by atoms with van der Waals surface area (Å²) < 4.78 is 0.